The van der Waals surface area contributed by atoms with E-state index in [1.807, 2.05) is 34.0 Å². The second-order valence-electron chi connectivity index (χ2n) is 9.24. The highest BCUT2D eigenvalue weighted by molar-refractivity contribution is 7.12. The minimum atomic E-state index is 1.36. The molecule has 4 rings (SSSR count). The number of hydrogen-bond donors (Lipinski definition) is 0. The zero-order chi connectivity index (χ0) is 26.2. The monoisotopic (exact) mass is 512 g/mol. The van der Waals surface area contributed by atoms with Gasteiger partial charge in [0.1, 0.15) is 0 Å². The van der Waals surface area contributed by atoms with Crippen molar-refractivity contribution in [2.75, 3.05) is 0 Å². The molecule has 0 amide bonds. The summed E-state index contributed by atoms with van der Waals surface area (Å²) in [5, 5.41) is 0. The molecule has 4 aromatic rings. The van der Waals surface area contributed by atoms with Crippen LogP contribution < -0.4 is 0 Å². The van der Waals surface area contributed by atoms with Crippen LogP contribution in [-0.4, -0.2) is 0 Å². The Hall–Kier alpha value is -1.68. The van der Waals surface area contributed by atoms with Gasteiger partial charge in [0.05, 0.1) is 0 Å². The molecule has 3 aromatic heterocycles. The average molecular weight is 513 g/mol. The minimum Gasteiger partial charge on any atom is -0.146 e. The van der Waals surface area contributed by atoms with Gasteiger partial charge >= 0.3 is 0 Å². The summed E-state index contributed by atoms with van der Waals surface area (Å²) in [5.74, 6) is 0. The summed E-state index contributed by atoms with van der Waals surface area (Å²) < 4.78 is 0. The normalized spacial score (nSPS) is 9.91. The van der Waals surface area contributed by atoms with E-state index in [2.05, 4.69) is 120 Å². The van der Waals surface area contributed by atoms with Crippen molar-refractivity contribution in [2.45, 2.75) is 90.0 Å². The van der Waals surface area contributed by atoms with Crippen LogP contribution in [0.3, 0.4) is 0 Å². The van der Waals surface area contributed by atoms with Gasteiger partial charge < -0.3 is 0 Å². The summed E-state index contributed by atoms with van der Waals surface area (Å²) in [4.78, 5) is 8.59. The Bertz CT molecular complexity index is 1100. The van der Waals surface area contributed by atoms with Gasteiger partial charge in [-0.1, -0.05) is 17.7 Å². The Kier molecular flexibility index (Phi) is 12.5. The van der Waals surface area contributed by atoms with Crippen LogP contribution in [-0.2, 0) is 0 Å². The number of aryl methyl sites for hydroxylation is 10. The number of thiophene rings is 3. The third kappa shape index (κ3) is 9.90. The maximum Gasteiger partial charge on any atom is 0.00489 e. The molecule has 0 N–H and O–H groups in total. The van der Waals surface area contributed by atoms with Gasteiger partial charge in [-0.15, -0.1) is 34.0 Å². The van der Waals surface area contributed by atoms with Gasteiger partial charge in [0, 0.05) is 29.3 Å². The lowest BCUT2D eigenvalue weighted by Crippen LogP contribution is -1.86. The van der Waals surface area contributed by atoms with Crippen molar-refractivity contribution in [3.05, 3.63) is 98.5 Å². The maximum atomic E-state index is 2.22. The summed E-state index contributed by atoms with van der Waals surface area (Å²) in [5.41, 5.74) is 9.95. The first kappa shape index (κ1) is 30.4. The fourth-order valence-corrected chi connectivity index (χ4v) is 6.27. The molecule has 34 heavy (non-hydrogen) atoms. The average Bonchev–Trinajstić information content (AvgIpc) is 3.34. The van der Waals surface area contributed by atoms with Gasteiger partial charge in [-0.3, -0.25) is 0 Å². The van der Waals surface area contributed by atoms with E-state index in [4.69, 9.17) is 0 Å². The summed E-state index contributed by atoms with van der Waals surface area (Å²) >= 11 is 5.61. The molecule has 186 valence electrons. The van der Waals surface area contributed by atoms with Crippen LogP contribution in [0.5, 0.6) is 0 Å². The van der Waals surface area contributed by atoms with Crippen LogP contribution in [0, 0.1) is 90.0 Å². The standard InChI is InChI=1S/C10H14.C8H12S.C7H10S.C6H8S/c1-7-5-8(2)10(4)9(3)6-7;1-5-6(2)8(4)9-7(5)3;1-5-4-6(2)8-7(5)3;1-5-3-4-6(2)7-5/h5-6H,1-4H3;1-4H3;4H,1-3H3;3-4H,1-2H3. The molecule has 0 fully saturated rings. The Morgan fingerprint density at radius 1 is 0.382 bits per heavy atom. The first-order valence-corrected chi connectivity index (χ1v) is 14.3. The lowest BCUT2D eigenvalue weighted by Gasteiger charge is -2.04. The van der Waals surface area contributed by atoms with Crippen molar-refractivity contribution in [1.82, 2.24) is 0 Å². The molecular weight excluding hydrogens is 469 g/mol. The fraction of sp³-hybridized carbons (Fsp3) is 0.419. The molecule has 0 spiro atoms. The van der Waals surface area contributed by atoms with Crippen LogP contribution in [0.2, 0.25) is 0 Å². The molecule has 0 bridgehead atoms. The van der Waals surface area contributed by atoms with Crippen LogP contribution in [0.1, 0.15) is 68.2 Å². The molecule has 0 unspecified atom stereocenters. The Morgan fingerprint density at radius 2 is 0.824 bits per heavy atom. The van der Waals surface area contributed by atoms with Gasteiger partial charge in [-0.25, -0.2) is 0 Å². The van der Waals surface area contributed by atoms with E-state index >= 15 is 0 Å². The molecule has 3 heteroatoms. The zero-order valence-electron chi connectivity index (χ0n) is 23.6. The first-order valence-electron chi connectivity index (χ1n) is 11.9. The van der Waals surface area contributed by atoms with E-state index in [9.17, 15) is 0 Å². The van der Waals surface area contributed by atoms with Gasteiger partial charge in [-0.2, -0.15) is 0 Å². The van der Waals surface area contributed by atoms with Gasteiger partial charge in [0.2, 0.25) is 0 Å². The van der Waals surface area contributed by atoms with Crippen molar-refractivity contribution in [2.24, 2.45) is 0 Å². The van der Waals surface area contributed by atoms with Crippen LogP contribution in [0.25, 0.3) is 0 Å². The molecule has 0 saturated heterocycles. The maximum absolute atomic E-state index is 2.22. The smallest absolute Gasteiger partial charge is 0.00489 e. The number of hydrogen-bond acceptors (Lipinski definition) is 3. The molecule has 3 heterocycles. The summed E-state index contributed by atoms with van der Waals surface area (Å²) in [7, 11) is 0. The molecule has 0 radical (unpaired) electrons. The Balaban J connectivity index is 0.000000228. The highest BCUT2D eigenvalue weighted by Gasteiger charge is 2.02. The molecule has 1 aromatic carbocycles. The van der Waals surface area contributed by atoms with E-state index in [1.54, 1.807) is 0 Å². The van der Waals surface area contributed by atoms with Crippen molar-refractivity contribution in [3.8, 4) is 0 Å². The van der Waals surface area contributed by atoms with Crippen molar-refractivity contribution in [1.29, 1.82) is 0 Å². The second kappa shape index (κ2) is 14.0. The molecule has 0 nitrogen and oxygen atoms in total. The lowest BCUT2D eigenvalue weighted by atomic mass is 10.0. The van der Waals surface area contributed by atoms with Crippen LogP contribution in [0.4, 0.5) is 0 Å². The van der Waals surface area contributed by atoms with E-state index in [1.165, 1.54) is 68.2 Å². The van der Waals surface area contributed by atoms with Crippen LogP contribution >= 0.6 is 34.0 Å². The molecule has 0 atom stereocenters. The van der Waals surface area contributed by atoms with E-state index in [0.717, 1.165) is 0 Å². The summed E-state index contributed by atoms with van der Waals surface area (Å²) in [6, 6.07) is 10.9. The van der Waals surface area contributed by atoms with E-state index in [0.29, 0.717) is 0 Å². The predicted molar refractivity (Wildman–Crippen MR) is 161 cm³/mol. The molecule has 0 aliphatic rings. The highest BCUT2D eigenvalue weighted by atomic mass is 32.1. The second-order valence-corrected chi connectivity index (χ2v) is 13.6. The SMILES string of the molecule is Cc1cc(C)c(C)c(C)c1.Cc1cc(C)c(C)s1.Cc1ccc(C)s1.Cc1sc(C)c(C)c1C. The molecular formula is C31H44S3. The number of rotatable bonds is 0. The van der Waals surface area contributed by atoms with Gasteiger partial charge in [0.25, 0.3) is 0 Å². The van der Waals surface area contributed by atoms with Gasteiger partial charge in [0.15, 0.2) is 0 Å². The topological polar surface area (TPSA) is 0 Å². The van der Waals surface area contributed by atoms with E-state index < -0.39 is 0 Å². The first-order chi connectivity index (χ1) is 15.7. The van der Waals surface area contributed by atoms with Gasteiger partial charge in [-0.05, 0) is 142 Å². The zero-order valence-corrected chi connectivity index (χ0v) is 26.1. The molecule has 0 aliphatic heterocycles. The van der Waals surface area contributed by atoms with Crippen molar-refractivity contribution < 1.29 is 0 Å². The Labute approximate surface area is 221 Å². The highest BCUT2D eigenvalue weighted by Crippen LogP contribution is 2.25. The quantitative estimate of drug-likeness (QED) is 0.220. The van der Waals surface area contributed by atoms with E-state index in [-0.39, 0.29) is 0 Å². The predicted octanol–water partition coefficient (Wildman–Crippen LogP) is 10.9. The third-order valence-electron chi connectivity index (χ3n) is 6.16. The Morgan fingerprint density at radius 3 is 1.03 bits per heavy atom. The number of benzene rings is 1. The molecule has 0 aliphatic carbocycles. The lowest BCUT2D eigenvalue weighted by molar-refractivity contribution is 1.23. The van der Waals surface area contributed by atoms with Crippen molar-refractivity contribution in [3.63, 3.8) is 0 Å². The summed E-state index contributed by atoms with van der Waals surface area (Å²) in [6.45, 7) is 28.1. The largest absolute Gasteiger partial charge is 0.146 e. The van der Waals surface area contributed by atoms with Crippen LogP contribution in [0.15, 0.2) is 30.3 Å². The minimum absolute atomic E-state index is 1.36. The molecule has 0 saturated carbocycles. The van der Waals surface area contributed by atoms with Crippen molar-refractivity contribution >= 4 is 34.0 Å². The fourth-order valence-electron chi connectivity index (χ4n) is 3.48. The third-order valence-corrected chi connectivity index (χ3v) is 9.37. The summed E-state index contributed by atoms with van der Waals surface area (Å²) in [6.07, 6.45) is 0.